The highest BCUT2D eigenvalue weighted by atomic mass is 16.5. The van der Waals surface area contributed by atoms with Crippen LogP contribution < -0.4 is 4.74 Å². The van der Waals surface area contributed by atoms with Crippen LogP contribution in [0.2, 0.25) is 0 Å². The van der Waals surface area contributed by atoms with E-state index in [2.05, 4.69) is 22.3 Å². The lowest BCUT2D eigenvalue weighted by atomic mass is 10.1. The summed E-state index contributed by atoms with van der Waals surface area (Å²) in [6.07, 6.45) is -0.0256. The molecule has 3 aromatic carbocycles. The molecule has 3 heterocycles. The smallest absolute Gasteiger partial charge is 0.278 e. The van der Waals surface area contributed by atoms with Crippen molar-refractivity contribution >= 4 is 0 Å². The second-order valence-electron chi connectivity index (χ2n) is 8.14. The third-order valence-corrected chi connectivity index (χ3v) is 5.81. The van der Waals surface area contributed by atoms with Crippen molar-refractivity contribution in [1.29, 1.82) is 0 Å². The van der Waals surface area contributed by atoms with E-state index in [0.717, 1.165) is 28.1 Å². The number of aromatic nitrogens is 4. The predicted octanol–water partition coefficient (Wildman–Crippen LogP) is 5.45. The SMILES string of the molecule is c1ccc(COc2ccc(-c3noc(-c4cc5n(n4)C[C@@H](c4ccccc4)OC5)n3)cc2)cc1. The number of benzene rings is 3. The zero-order chi connectivity index (χ0) is 22.7. The van der Waals surface area contributed by atoms with Gasteiger partial charge in [0.05, 0.1) is 18.8 Å². The van der Waals surface area contributed by atoms with Crippen LogP contribution in [0.25, 0.3) is 23.0 Å². The first-order valence-electron chi connectivity index (χ1n) is 11.2. The van der Waals surface area contributed by atoms with Crippen molar-refractivity contribution in [2.24, 2.45) is 0 Å². The second-order valence-corrected chi connectivity index (χ2v) is 8.14. The van der Waals surface area contributed by atoms with Gasteiger partial charge in [-0.2, -0.15) is 10.1 Å². The Bertz CT molecular complexity index is 1380. The molecule has 6 rings (SSSR count). The van der Waals surface area contributed by atoms with Crippen LogP contribution in [-0.2, 0) is 24.5 Å². The van der Waals surface area contributed by atoms with Crippen molar-refractivity contribution < 1.29 is 14.0 Å². The van der Waals surface area contributed by atoms with E-state index in [1.165, 1.54) is 0 Å². The van der Waals surface area contributed by atoms with Gasteiger partial charge in [0, 0.05) is 5.56 Å². The molecule has 34 heavy (non-hydrogen) atoms. The fourth-order valence-corrected chi connectivity index (χ4v) is 3.99. The summed E-state index contributed by atoms with van der Waals surface area (Å²) < 4.78 is 19.4. The molecule has 0 N–H and O–H groups in total. The van der Waals surface area contributed by atoms with E-state index in [1.807, 2.05) is 83.5 Å². The topological polar surface area (TPSA) is 75.2 Å². The Labute approximate surface area is 196 Å². The van der Waals surface area contributed by atoms with Crippen molar-refractivity contribution in [3.05, 3.63) is 108 Å². The molecule has 1 atom stereocenters. The Kier molecular flexibility index (Phi) is 5.37. The molecule has 0 aliphatic carbocycles. The fourth-order valence-electron chi connectivity index (χ4n) is 3.99. The van der Waals surface area contributed by atoms with Crippen LogP contribution in [-0.4, -0.2) is 19.9 Å². The summed E-state index contributed by atoms with van der Waals surface area (Å²) in [5.74, 6) is 1.68. The van der Waals surface area contributed by atoms with E-state index >= 15 is 0 Å². The zero-order valence-electron chi connectivity index (χ0n) is 18.4. The Morgan fingerprint density at radius 2 is 1.68 bits per heavy atom. The Morgan fingerprint density at radius 3 is 2.47 bits per heavy atom. The maximum absolute atomic E-state index is 6.03. The van der Waals surface area contributed by atoms with Gasteiger partial charge in [0.1, 0.15) is 18.5 Å². The molecule has 0 spiro atoms. The summed E-state index contributed by atoms with van der Waals surface area (Å²) in [5.41, 5.74) is 4.74. The van der Waals surface area contributed by atoms with Gasteiger partial charge in [-0.15, -0.1) is 0 Å². The number of hydrogen-bond acceptors (Lipinski definition) is 6. The molecule has 0 saturated carbocycles. The molecule has 0 saturated heterocycles. The number of rotatable bonds is 6. The van der Waals surface area contributed by atoms with Crippen LogP contribution in [0.4, 0.5) is 0 Å². The van der Waals surface area contributed by atoms with Gasteiger partial charge < -0.3 is 14.0 Å². The van der Waals surface area contributed by atoms with E-state index < -0.39 is 0 Å². The third kappa shape index (κ3) is 4.21. The first kappa shape index (κ1) is 20.4. The van der Waals surface area contributed by atoms with Crippen molar-refractivity contribution in [1.82, 2.24) is 19.9 Å². The van der Waals surface area contributed by atoms with Crippen LogP contribution in [0.5, 0.6) is 5.75 Å². The number of ether oxygens (including phenoxy) is 2. The minimum atomic E-state index is -0.0256. The van der Waals surface area contributed by atoms with Gasteiger partial charge >= 0.3 is 0 Å². The molecule has 5 aromatic rings. The standard InChI is InChI=1S/C27H22N4O3/c1-3-7-19(8-4-1)17-32-23-13-11-21(12-14-23)26-28-27(34-30-26)24-15-22-18-33-25(16-31(22)29-24)20-9-5-2-6-10-20/h1-15,25H,16-18H2/t25-/m0/s1. The lowest BCUT2D eigenvalue weighted by Gasteiger charge is -2.24. The van der Waals surface area contributed by atoms with E-state index in [4.69, 9.17) is 19.1 Å². The summed E-state index contributed by atoms with van der Waals surface area (Å²) in [5, 5.41) is 8.84. The van der Waals surface area contributed by atoms with E-state index in [1.54, 1.807) is 0 Å². The molecule has 7 nitrogen and oxygen atoms in total. The molecular formula is C27H22N4O3. The molecule has 1 aliphatic heterocycles. The highest BCUT2D eigenvalue weighted by molar-refractivity contribution is 5.59. The van der Waals surface area contributed by atoms with Gasteiger partial charge in [0.15, 0.2) is 5.69 Å². The fraction of sp³-hybridized carbons (Fsp3) is 0.148. The Morgan fingerprint density at radius 1 is 0.912 bits per heavy atom. The summed E-state index contributed by atoms with van der Waals surface area (Å²) in [7, 11) is 0. The number of nitrogens with zero attached hydrogens (tertiary/aromatic N) is 4. The average Bonchev–Trinajstić information content (AvgIpc) is 3.56. The molecule has 2 aromatic heterocycles. The van der Waals surface area contributed by atoms with Crippen molar-refractivity contribution in [2.75, 3.05) is 0 Å². The molecule has 0 amide bonds. The van der Waals surface area contributed by atoms with Crippen LogP contribution in [0.1, 0.15) is 22.9 Å². The lowest BCUT2D eigenvalue weighted by molar-refractivity contribution is -0.00113. The summed E-state index contributed by atoms with van der Waals surface area (Å²) in [6, 6.07) is 29.9. The molecule has 7 heteroatoms. The zero-order valence-corrected chi connectivity index (χ0v) is 18.4. The van der Waals surface area contributed by atoms with Crippen LogP contribution in [0, 0.1) is 0 Å². The second kappa shape index (κ2) is 8.96. The predicted molar refractivity (Wildman–Crippen MR) is 126 cm³/mol. The maximum atomic E-state index is 6.03. The number of fused-ring (bicyclic) bond motifs is 1. The van der Waals surface area contributed by atoms with Gasteiger partial charge in [0.2, 0.25) is 5.82 Å². The Balaban J connectivity index is 1.15. The van der Waals surface area contributed by atoms with Gasteiger partial charge in [-0.3, -0.25) is 4.68 Å². The molecule has 0 fully saturated rings. The quantitative estimate of drug-likeness (QED) is 0.342. The van der Waals surface area contributed by atoms with Crippen LogP contribution >= 0.6 is 0 Å². The largest absolute Gasteiger partial charge is 0.489 e. The van der Waals surface area contributed by atoms with Crippen LogP contribution in [0.3, 0.4) is 0 Å². The van der Waals surface area contributed by atoms with Crippen molar-refractivity contribution in [2.45, 2.75) is 25.9 Å². The average molecular weight is 450 g/mol. The third-order valence-electron chi connectivity index (χ3n) is 5.81. The summed E-state index contributed by atoms with van der Waals surface area (Å²) in [6.45, 7) is 1.65. The van der Waals surface area contributed by atoms with E-state index in [-0.39, 0.29) is 6.10 Å². The van der Waals surface area contributed by atoms with Crippen LogP contribution in [0.15, 0.2) is 95.5 Å². The van der Waals surface area contributed by atoms with Crippen molar-refractivity contribution in [3.8, 4) is 28.7 Å². The highest BCUT2D eigenvalue weighted by Crippen LogP contribution is 2.29. The molecule has 168 valence electrons. The summed E-state index contributed by atoms with van der Waals surface area (Å²) in [4.78, 5) is 4.56. The molecular weight excluding hydrogens is 428 g/mol. The Hall–Kier alpha value is -4.23. The maximum Gasteiger partial charge on any atom is 0.278 e. The van der Waals surface area contributed by atoms with E-state index in [0.29, 0.717) is 37.2 Å². The molecule has 0 bridgehead atoms. The molecule has 0 unspecified atom stereocenters. The first-order chi connectivity index (χ1) is 16.8. The van der Waals surface area contributed by atoms with Crippen molar-refractivity contribution in [3.63, 3.8) is 0 Å². The number of hydrogen-bond donors (Lipinski definition) is 0. The van der Waals surface area contributed by atoms with Gasteiger partial charge in [-0.25, -0.2) is 0 Å². The minimum absolute atomic E-state index is 0.0256. The molecule has 0 radical (unpaired) electrons. The van der Waals surface area contributed by atoms with Gasteiger partial charge in [0.25, 0.3) is 5.89 Å². The lowest BCUT2D eigenvalue weighted by Crippen LogP contribution is -2.21. The van der Waals surface area contributed by atoms with E-state index in [9.17, 15) is 0 Å². The summed E-state index contributed by atoms with van der Waals surface area (Å²) >= 11 is 0. The monoisotopic (exact) mass is 450 g/mol. The minimum Gasteiger partial charge on any atom is -0.489 e. The van der Waals surface area contributed by atoms with Gasteiger partial charge in [-0.1, -0.05) is 65.8 Å². The normalized spacial score (nSPS) is 15.1. The van der Waals surface area contributed by atoms with Gasteiger partial charge in [-0.05, 0) is 41.5 Å². The first-order valence-corrected chi connectivity index (χ1v) is 11.2. The highest BCUT2D eigenvalue weighted by Gasteiger charge is 2.24. The molecule has 1 aliphatic rings.